The molecule has 0 aromatic heterocycles. The Morgan fingerprint density at radius 1 is 1.12 bits per heavy atom. The van der Waals surface area contributed by atoms with Crippen LogP contribution in [0.3, 0.4) is 0 Å². The maximum atomic E-state index is 12.3. The SMILES string of the molecule is COCCCOc1cc(C[C@@H](C[C@H](N)[C@@H](O)CN2CCCCCC2=O)C(C)C)ccc1OC. The zero-order chi connectivity index (χ0) is 24.2. The maximum absolute atomic E-state index is 12.3. The Morgan fingerprint density at radius 2 is 1.91 bits per heavy atom. The highest BCUT2D eigenvalue weighted by Gasteiger charge is 2.26. The summed E-state index contributed by atoms with van der Waals surface area (Å²) in [6.07, 6.45) is 5.19. The summed E-state index contributed by atoms with van der Waals surface area (Å²) < 4.78 is 16.5. The number of nitrogens with zero attached hydrogens (tertiary/aromatic N) is 1. The fraction of sp³-hybridized carbons (Fsp3) is 0.731. The highest BCUT2D eigenvalue weighted by atomic mass is 16.5. The number of likely N-dealkylation sites (tertiary alicyclic amines) is 1. The average Bonchev–Trinajstić information content (AvgIpc) is 3.00. The van der Waals surface area contributed by atoms with Crippen LogP contribution in [0.1, 0.15) is 57.9 Å². The number of β-amino-alcohol motifs (C(OH)–C–C–N with tert-alkyl or cyclic N) is 1. The third-order valence-electron chi connectivity index (χ3n) is 6.57. The quantitative estimate of drug-likeness (QED) is 0.410. The molecule has 0 unspecified atom stereocenters. The van der Waals surface area contributed by atoms with E-state index < -0.39 is 6.10 Å². The van der Waals surface area contributed by atoms with Crippen LogP contribution >= 0.6 is 0 Å². The number of methoxy groups -OCH3 is 2. The second-order valence-corrected chi connectivity index (χ2v) is 9.51. The number of aliphatic hydroxyl groups excluding tert-OH is 1. The Labute approximate surface area is 199 Å². The number of benzene rings is 1. The molecule has 7 nitrogen and oxygen atoms in total. The van der Waals surface area contributed by atoms with E-state index in [2.05, 4.69) is 19.9 Å². The summed E-state index contributed by atoms with van der Waals surface area (Å²) in [6, 6.07) is 5.67. The lowest BCUT2D eigenvalue weighted by atomic mass is 9.83. The highest BCUT2D eigenvalue weighted by molar-refractivity contribution is 5.76. The summed E-state index contributed by atoms with van der Waals surface area (Å²) in [5.74, 6) is 2.28. The number of hydrogen-bond acceptors (Lipinski definition) is 6. The van der Waals surface area contributed by atoms with Gasteiger partial charge in [0.05, 0.1) is 19.8 Å². The van der Waals surface area contributed by atoms with Gasteiger partial charge in [0.25, 0.3) is 0 Å². The molecule has 1 fully saturated rings. The van der Waals surface area contributed by atoms with Crippen molar-refractivity contribution in [3.63, 3.8) is 0 Å². The fourth-order valence-corrected chi connectivity index (χ4v) is 4.34. The Balaban J connectivity index is 1.99. The zero-order valence-corrected chi connectivity index (χ0v) is 20.9. The van der Waals surface area contributed by atoms with Crippen LogP contribution in [0.4, 0.5) is 0 Å². The van der Waals surface area contributed by atoms with Crippen LogP contribution in [-0.4, -0.2) is 68.6 Å². The van der Waals surface area contributed by atoms with E-state index in [0.29, 0.717) is 50.2 Å². The van der Waals surface area contributed by atoms with Crippen LogP contribution < -0.4 is 15.2 Å². The molecule has 1 saturated heterocycles. The number of amides is 1. The third kappa shape index (κ3) is 9.14. The van der Waals surface area contributed by atoms with Crippen molar-refractivity contribution in [2.45, 2.75) is 70.9 Å². The number of carbonyl (C=O) groups is 1. The number of ether oxygens (including phenoxy) is 3. The molecule has 0 bridgehead atoms. The van der Waals surface area contributed by atoms with Gasteiger partial charge >= 0.3 is 0 Å². The number of hydrogen-bond donors (Lipinski definition) is 2. The topological polar surface area (TPSA) is 94.3 Å². The molecule has 7 heteroatoms. The lowest BCUT2D eigenvalue weighted by Crippen LogP contribution is -2.46. The predicted molar refractivity (Wildman–Crippen MR) is 131 cm³/mol. The van der Waals surface area contributed by atoms with Crippen LogP contribution in [0.15, 0.2) is 18.2 Å². The first-order valence-corrected chi connectivity index (χ1v) is 12.4. The lowest BCUT2D eigenvalue weighted by molar-refractivity contribution is -0.132. The molecule has 3 N–H and O–H groups in total. The molecular weight excluding hydrogens is 420 g/mol. The van der Waals surface area contributed by atoms with Crippen molar-refractivity contribution in [3.8, 4) is 11.5 Å². The molecule has 0 saturated carbocycles. The molecule has 188 valence electrons. The Kier molecular flexibility index (Phi) is 12.0. The normalized spacial score (nSPS) is 17.5. The average molecular weight is 465 g/mol. The molecule has 1 heterocycles. The molecule has 1 amide bonds. The largest absolute Gasteiger partial charge is 0.493 e. The van der Waals surface area contributed by atoms with E-state index >= 15 is 0 Å². The van der Waals surface area contributed by atoms with E-state index in [1.807, 2.05) is 12.1 Å². The summed E-state index contributed by atoms with van der Waals surface area (Å²) in [6.45, 7) is 6.64. The number of aliphatic hydroxyl groups is 1. The smallest absolute Gasteiger partial charge is 0.222 e. The molecule has 1 aromatic carbocycles. The van der Waals surface area contributed by atoms with Crippen molar-refractivity contribution in [2.75, 3.05) is 40.5 Å². The summed E-state index contributed by atoms with van der Waals surface area (Å²) >= 11 is 0. The monoisotopic (exact) mass is 464 g/mol. The number of carbonyl (C=O) groups excluding carboxylic acids is 1. The fourth-order valence-electron chi connectivity index (χ4n) is 4.34. The van der Waals surface area contributed by atoms with Crippen LogP contribution in [0.25, 0.3) is 0 Å². The molecule has 1 aliphatic heterocycles. The van der Waals surface area contributed by atoms with Gasteiger partial charge in [0.1, 0.15) is 0 Å². The first kappa shape index (κ1) is 27.4. The first-order chi connectivity index (χ1) is 15.8. The van der Waals surface area contributed by atoms with Gasteiger partial charge in [-0.2, -0.15) is 0 Å². The molecule has 2 rings (SSSR count). The van der Waals surface area contributed by atoms with Crippen molar-refractivity contribution < 1.29 is 24.1 Å². The second-order valence-electron chi connectivity index (χ2n) is 9.51. The van der Waals surface area contributed by atoms with Gasteiger partial charge in [0.15, 0.2) is 11.5 Å². The van der Waals surface area contributed by atoms with Crippen molar-refractivity contribution in [3.05, 3.63) is 23.8 Å². The molecule has 1 aliphatic rings. The molecule has 0 radical (unpaired) electrons. The summed E-state index contributed by atoms with van der Waals surface area (Å²) in [5.41, 5.74) is 7.59. The number of nitrogens with two attached hydrogens (primary N) is 1. The third-order valence-corrected chi connectivity index (χ3v) is 6.57. The Hall–Kier alpha value is -1.83. The molecule has 0 aliphatic carbocycles. The van der Waals surface area contributed by atoms with Crippen molar-refractivity contribution in [2.24, 2.45) is 17.6 Å². The van der Waals surface area contributed by atoms with Gasteiger partial charge in [0, 0.05) is 45.7 Å². The standard InChI is InChI=1S/C26H44N2O5/c1-19(2)21(17-22(27)23(29)18-28-12-7-5-6-9-26(28)30)15-20-10-11-24(32-4)25(16-20)33-14-8-13-31-3/h10-11,16,19,21-23,29H,5-9,12-15,17-18,27H2,1-4H3/t21-,22-,23-/m0/s1. The minimum Gasteiger partial charge on any atom is -0.493 e. The van der Waals surface area contributed by atoms with Gasteiger partial charge in [-0.1, -0.05) is 26.3 Å². The van der Waals surface area contributed by atoms with E-state index in [-0.39, 0.29) is 11.9 Å². The molecule has 33 heavy (non-hydrogen) atoms. The lowest BCUT2D eigenvalue weighted by Gasteiger charge is -2.30. The van der Waals surface area contributed by atoms with E-state index in [0.717, 1.165) is 50.0 Å². The van der Waals surface area contributed by atoms with Crippen LogP contribution in [0, 0.1) is 11.8 Å². The van der Waals surface area contributed by atoms with Crippen LogP contribution in [0.2, 0.25) is 0 Å². The molecule has 1 aromatic rings. The zero-order valence-electron chi connectivity index (χ0n) is 20.9. The Bertz CT molecular complexity index is 712. The van der Waals surface area contributed by atoms with Gasteiger partial charge in [0.2, 0.25) is 5.91 Å². The second kappa shape index (κ2) is 14.4. The van der Waals surface area contributed by atoms with Crippen molar-refractivity contribution in [1.29, 1.82) is 0 Å². The first-order valence-electron chi connectivity index (χ1n) is 12.4. The molecule has 0 spiro atoms. The van der Waals surface area contributed by atoms with Crippen molar-refractivity contribution in [1.82, 2.24) is 4.90 Å². The summed E-state index contributed by atoms with van der Waals surface area (Å²) in [4.78, 5) is 14.1. The van der Waals surface area contributed by atoms with E-state index in [1.54, 1.807) is 19.1 Å². The summed E-state index contributed by atoms with van der Waals surface area (Å²) in [7, 11) is 3.32. The maximum Gasteiger partial charge on any atom is 0.222 e. The molecular formula is C26H44N2O5. The van der Waals surface area contributed by atoms with Gasteiger partial charge in [-0.05, 0) is 55.2 Å². The van der Waals surface area contributed by atoms with Crippen LogP contribution in [-0.2, 0) is 16.0 Å². The summed E-state index contributed by atoms with van der Waals surface area (Å²) in [5, 5.41) is 10.8. The van der Waals surface area contributed by atoms with Gasteiger partial charge in [-0.25, -0.2) is 0 Å². The predicted octanol–water partition coefficient (Wildman–Crippen LogP) is 3.41. The minimum absolute atomic E-state index is 0.135. The van der Waals surface area contributed by atoms with Gasteiger partial charge in [-0.15, -0.1) is 0 Å². The Morgan fingerprint density at radius 3 is 2.61 bits per heavy atom. The minimum atomic E-state index is -0.719. The molecule has 3 atom stereocenters. The van der Waals surface area contributed by atoms with E-state index in [1.165, 1.54) is 0 Å². The number of rotatable bonds is 14. The van der Waals surface area contributed by atoms with Crippen molar-refractivity contribution >= 4 is 5.91 Å². The van der Waals surface area contributed by atoms with Crippen LogP contribution in [0.5, 0.6) is 11.5 Å². The van der Waals surface area contributed by atoms with E-state index in [4.69, 9.17) is 19.9 Å². The van der Waals surface area contributed by atoms with E-state index in [9.17, 15) is 9.90 Å². The van der Waals surface area contributed by atoms with Gasteiger partial charge in [-0.3, -0.25) is 4.79 Å². The highest BCUT2D eigenvalue weighted by Crippen LogP contribution is 2.31. The van der Waals surface area contributed by atoms with Gasteiger partial charge < -0.3 is 30.0 Å².